The monoisotopic (exact) mass is 354 g/mol. The van der Waals surface area contributed by atoms with E-state index in [0.717, 1.165) is 49.5 Å². The molecule has 1 aliphatic heterocycles. The van der Waals surface area contributed by atoms with Crippen LogP contribution in [0.5, 0.6) is 5.75 Å². The molecule has 3 N–H and O–H groups in total. The van der Waals surface area contributed by atoms with E-state index in [-0.39, 0.29) is 11.7 Å². The summed E-state index contributed by atoms with van der Waals surface area (Å²) in [7, 11) is 0. The lowest BCUT2D eigenvalue weighted by atomic mass is 10.1. The Kier molecular flexibility index (Phi) is 5.78. The van der Waals surface area contributed by atoms with Crippen molar-refractivity contribution in [2.75, 3.05) is 42.9 Å². The smallest absolute Gasteiger partial charge is 0.279 e. The van der Waals surface area contributed by atoms with Crippen LogP contribution in [-0.2, 0) is 11.2 Å². The molecule has 26 heavy (non-hydrogen) atoms. The zero-order valence-electron chi connectivity index (χ0n) is 15.6. The summed E-state index contributed by atoms with van der Waals surface area (Å²) in [6.45, 7) is 8.35. The van der Waals surface area contributed by atoms with Crippen LogP contribution in [0, 0.1) is 6.92 Å². The second kappa shape index (κ2) is 8.23. The molecule has 1 amide bonds. The van der Waals surface area contributed by atoms with Crippen LogP contribution in [-0.4, -0.2) is 43.7 Å². The second-order valence-electron chi connectivity index (χ2n) is 6.94. The second-order valence-corrected chi connectivity index (χ2v) is 6.94. The van der Waals surface area contributed by atoms with E-state index in [2.05, 4.69) is 23.2 Å². The van der Waals surface area contributed by atoms with Crippen LogP contribution in [0.1, 0.15) is 18.1 Å². The number of anilines is 2. The normalized spacial score (nSPS) is 15.1. The van der Waals surface area contributed by atoms with Gasteiger partial charge in [-0.15, -0.1) is 0 Å². The first-order valence-electron chi connectivity index (χ1n) is 9.32. The number of aryl methyl sites for hydroxylation is 2. The first-order valence-corrected chi connectivity index (χ1v) is 9.32. The van der Waals surface area contributed by atoms with E-state index in [1.54, 1.807) is 12.1 Å². The molecule has 0 spiro atoms. The Bertz CT molecular complexity index is 750. The molecule has 0 saturated carbocycles. The maximum atomic E-state index is 12.5. The number of benzene rings is 2. The minimum Gasteiger partial charge on any atom is -0.508 e. The number of rotatable bonds is 5. The third kappa shape index (κ3) is 4.35. The molecule has 5 heteroatoms. The summed E-state index contributed by atoms with van der Waals surface area (Å²) in [6.07, 6.45) is 0.912. The van der Waals surface area contributed by atoms with E-state index in [0.29, 0.717) is 6.54 Å². The number of phenols is 1. The van der Waals surface area contributed by atoms with Gasteiger partial charge in [0, 0.05) is 11.4 Å². The first kappa shape index (κ1) is 18.3. The topological polar surface area (TPSA) is 57.0 Å². The summed E-state index contributed by atoms with van der Waals surface area (Å²) >= 11 is 0. The van der Waals surface area contributed by atoms with Crippen molar-refractivity contribution in [3.05, 3.63) is 53.6 Å². The number of aromatic hydroxyl groups is 1. The molecular weight excluding hydrogens is 326 g/mol. The quantitative estimate of drug-likeness (QED) is 0.765. The molecular formula is C21H28N3O2+. The number of phenolic OH excluding ortho intramolecular Hbond substituents is 1. The molecule has 0 unspecified atom stereocenters. The van der Waals surface area contributed by atoms with Gasteiger partial charge < -0.3 is 20.2 Å². The summed E-state index contributed by atoms with van der Waals surface area (Å²) in [5.74, 6) is 0.374. The van der Waals surface area contributed by atoms with Gasteiger partial charge in [-0.2, -0.15) is 0 Å². The Morgan fingerprint density at radius 3 is 2.50 bits per heavy atom. The molecule has 0 bridgehead atoms. The lowest BCUT2D eigenvalue weighted by Gasteiger charge is -2.33. The van der Waals surface area contributed by atoms with Crippen LogP contribution in [0.25, 0.3) is 0 Å². The van der Waals surface area contributed by atoms with Gasteiger partial charge in [-0.05, 0) is 48.7 Å². The molecule has 0 aliphatic carbocycles. The standard InChI is InChI=1S/C21H27N3O2/c1-3-17-6-4-5-16(2)21(17)22-20(26)15-23-11-13-24(14-12-23)18-7-9-19(25)10-8-18/h4-10,25H,3,11-15H2,1-2H3,(H,22,26)/p+1. The molecule has 5 nitrogen and oxygen atoms in total. The molecule has 1 fully saturated rings. The summed E-state index contributed by atoms with van der Waals surface area (Å²) in [4.78, 5) is 16.1. The maximum Gasteiger partial charge on any atom is 0.279 e. The number of hydrogen-bond donors (Lipinski definition) is 3. The average molecular weight is 354 g/mol. The van der Waals surface area contributed by atoms with Crippen molar-refractivity contribution in [2.24, 2.45) is 0 Å². The lowest BCUT2D eigenvalue weighted by molar-refractivity contribution is -0.892. The summed E-state index contributed by atoms with van der Waals surface area (Å²) in [5, 5.41) is 12.5. The summed E-state index contributed by atoms with van der Waals surface area (Å²) in [6, 6.07) is 13.5. The number of nitrogens with one attached hydrogen (secondary N) is 2. The minimum atomic E-state index is 0.0853. The molecule has 1 saturated heterocycles. The van der Waals surface area contributed by atoms with E-state index in [4.69, 9.17) is 0 Å². The van der Waals surface area contributed by atoms with Crippen molar-refractivity contribution in [2.45, 2.75) is 20.3 Å². The number of nitrogens with zero attached hydrogens (tertiary/aromatic N) is 1. The molecule has 0 atom stereocenters. The molecule has 0 radical (unpaired) electrons. The van der Waals surface area contributed by atoms with Gasteiger partial charge in [0.2, 0.25) is 0 Å². The van der Waals surface area contributed by atoms with Gasteiger partial charge in [0.25, 0.3) is 5.91 Å². The number of carbonyl (C=O) groups excluding carboxylic acids is 1. The van der Waals surface area contributed by atoms with E-state index in [9.17, 15) is 9.90 Å². The highest BCUT2D eigenvalue weighted by atomic mass is 16.3. The van der Waals surface area contributed by atoms with Crippen LogP contribution in [0.3, 0.4) is 0 Å². The van der Waals surface area contributed by atoms with Crippen molar-refractivity contribution in [3.63, 3.8) is 0 Å². The van der Waals surface area contributed by atoms with Crippen molar-refractivity contribution in [3.8, 4) is 5.75 Å². The molecule has 0 aromatic heterocycles. The van der Waals surface area contributed by atoms with Gasteiger partial charge in [-0.25, -0.2) is 0 Å². The van der Waals surface area contributed by atoms with E-state index >= 15 is 0 Å². The maximum absolute atomic E-state index is 12.5. The number of para-hydroxylation sites is 1. The van der Waals surface area contributed by atoms with Gasteiger partial charge in [-0.1, -0.05) is 25.1 Å². The fourth-order valence-electron chi connectivity index (χ4n) is 3.53. The van der Waals surface area contributed by atoms with Crippen molar-refractivity contribution in [1.29, 1.82) is 0 Å². The van der Waals surface area contributed by atoms with Crippen LogP contribution < -0.4 is 15.1 Å². The molecule has 138 valence electrons. The SMILES string of the molecule is CCc1cccc(C)c1NC(=O)C[NH+]1CCN(c2ccc(O)cc2)CC1. The lowest BCUT2D eigenvalue weighted by Crippen LogP contribution is -3.15. The Labute approximate surface area is 155 Å². The van der Waals surface area contributed by atoms with Gasteiger partial charge in [-0.3, -0.25) is 4.79 Å². The fraction of sp³-hybridized carbons (Fsp3) is 0.381. The number of quaternary nitrogens is 1. The van der Waals surface area contributed by atoms with Gasteiger partial charge in [0.05, 0.1) is 26.2 Å². The number of hydrogen-bond acceptors (Lipinski definition) is 3. The molecule has 1 heterocycles. The zero-order valence-corrected chi connectivity index (χ0v) is 15.6. The number of piperazine rings is 1. The van der Waals surface area contributed by atoms with Crippen LogP contribution in [0.2, 0.25) is 0 Å². The molecule has 1 aliphatic rings. The van der Waals surface area contributed by atoms with Crippen LogP contribution in [0.4, 0.5) is 11.4 Å². The third-order valence-electron chi connectivity index (χ3n) is 5.10. The summed E-state index contributed by atoms with van der Waals surface area (Å²) in [5.41, 5.74) is 4.40. The minimum absolute atomic E-state index is 0.0853. The highest BCUT2D eigenvalue weighted by Crippen LogP contribution is 2.21. The van der Waals surface area contributed by atoms with Gasteiger partial charge in [0.1, 0.15) is 5.75 Å². The average Bonchev–Trinajstić information content (AvgIpc) is 2.65. The zero-order chi connectivity index (χ0) is 18.5. The molecule has 3 rings (SSSR count). The largest absolute Gasteiger partial charge is 0.508 e. The molecule has 2 aromatic carbocycles. The summed E-state index contributed by atoms with van der Waals surface area (Å²) < 4.78 is 0. The number of amides is 1. The van der Waals surface area contributed by atoms with Gasteiger partial charge in [0.15, 0.2) is 6.54 Å². The number of carbonyl (C=O) groups is 1. The van der Waals surface area contributed by atoms with Crippen molar-refractivity contribution in [1.82, 2.24) is 0 Å². The van der Waals surface area contributed by atoms with Crippen LogP contribution >= 0.6 is 0 Å². The fourth-order valence-corrected chi connectivity index (χ4v) is 3.53. The predicted octanol–water partition coefficient (Wildman–Crippen LogP) is 1.61. The predicted molar refractivity (Wildman–Crippen MR) is 105 cm³/mol. The Morgan fingerprint density at radius 2 is 1.85 bits per heavy atom. The van der Waals surface area contributed by atoms with E-state index in [1.807, 2.05) is 31.2 Å². The molecule has 2 aromatic rings. The van der Waals surface area contributed by atoms with Crippen molar-refractivity contribution < 1.29 is 14.8 Å². The highest BCUT2D eigenvalue weighted by molar-refractivity contribution is 5.93. The first-order chi connectivity index (χ1) is 12.6. The Hall–Kier alpha value is -2.53. The van der Waals surface area contributed by atoms with Gasteiger partial charge >= 0.3 is 0 Å². The Balaban J connectivity index is 1.53. The van der Waals surface area contributed by atoms with E-state index < -0.39 is 0 Å². The highest BCUT2D eigenvalue weighted by Gasteiger charge is 2.23. The van der Waals surface area contributed by atoms with Crippen molar-refractivity contribution >= 4 is 17.3 Å². The van der Waals surface area contributed by atoms with Crippen LogP contribution in [0.15, 0.2) is 42.5 Å². The van der Waals surface area contributed by atoms with E-state index in [1.165, 1.54) is 10.5 Å². The Morgan fingerprint density at radius 1 is 1.15 bits per heavy atom. The third-order valence-corrected chi connectivity index (χ3v) is 5.10.